The summed E-state index contributed by atoms with van der Waals surface area (Å²) in [6.07, 6.45) is 0.355. The number of thiophene rings is 1. The van der Waals surface area contributed by atoms with E-state index in [-0.39, 0.29) is 18.1 Å². The molecule has 0 bridgehead atoms. The summed E-state index contributed by atoms with van der Waals surface area (Å²) in [4.78, 5) is 15.1. The molecule has 5 nitrogen and oxygen atoms in total. The normalized spacial score (nSPS) is 20.7. The highest BCUT2D eigenvalue weighted by Gasteiger charge is 2.24. The van der Waals surface area contributed by atoms with Gasteiger partial charge in [0.1, 0.15) is 5.75 Å². The van der Waals surface area contributed by atoms with Crippen LogP contribution < -0.4 is 15.0 Å². The van der Waals surface area contributed by atoms with E-state index in [0.717, 1.165) is 30.2 Å². The molecular weight excluding hydrogens is 324 g/mol. The summed E-state index contributed by atoms with van der Waals surface area (Å²) in [5, 5.41) is 4.80. The van der Waals surface area contributed by atoms with Gasteiger partial charge in [0.05, 0.1) is 29.9 Å². The monoisotopic (exact) mass is 346 g/mol. The van der Waals surface area contributed by atoms with Gasteiger partial charge in [0.15, 0.2) is 0 Å². The quantitative estimate of drug-likeness (QED) is 0.919. The standard InChI is InChI=1S/C18H22N2O3S/c1-12-10-20(11-13(2)23-12)15-7-6-14(9-16(15)22-3)19-18(21)17-5-4-8-24-17/h4-9,12-13H,10-11H2,1-3H3,(H,19,21)/t12-,13-/m1/s1. The predicted molar refractivity (Wildman–Crippen MR) is 97.5 cm³/mol. The molecule has 128 valence electrons. The summed E-state index contributed by atoms with van der Waals surface area (Å²) < 4.78 is 11.3. The Morgan fingerprint density at radius 2 is 2.04 bits per heavy atom. The van der Waals surface area contributed by atoms with Gasteiger partial charge >= 0.3 is 0 Å². The third-order valence-corrected chi connectivity index (χ3v) is 4.81. The Morgan fingerprint density at radius 1 is 1.29 bits per heavy atom. The van der Waals surface area contributed by atoms with Crippen LogP contribution in [0, 0.1) is 0 Å². The maximum absolute atomic E-state index is 12.2. The fraction of sp³-hybridized carbons (Fsp3) is 0.389. The molecule has 3 rings (SSSR count). The summed E-state index contributed by atoms with van der Waals surface area (Å²) in [5.41, 5.74) is 1.75. The number of hydrogen-bond acceptors (Lipinski definition) is 5. The zero-order chi connectivity index (χ0) is 17.1. The second-order valence-corrected chi connectivity index (χ2v) is 6.93. The van der Waals surface area contributed by atoms with Gasteiger partial charge in [0.2, 0.25) is 0 Å². The number of amides is 1. The van der Waals surface area contributed by atoms with Gasteiger partial charge < -0.3 is 19.7 Å². The Morgan fingerprint density at radius 3 is 2.67 bits per heavy atom. The fourth-order valence-corrected chi connectivity index (χ4v) is 3.61. The summed E-state index contributed by atoms with van der Waals surface area (Å²) in [5.74, 6) is 0.647. The van der Waals surface area contributed by atoms with Crippen molar-refractivity contribution in [2.45, 2.75) is 26.1 Å². The SMILES string of the molecule is COc1cc(NC(=O)c2cccs2)ccc1N1C[C@@H](C)O[C@H](C)C1. The van der Waals surface area contributed by atoms with Gasteiger partial charge in [-0.15, -0.1) is 11.3 Å². The molecule has 1 aliphatic rings. The van der Waals surface area contributed by atoms with Gasteiger partial charge in [-0.3, -0.25) is 4.79 Å². The van der Waals surface area contributed by atoms with Crippen molar-refractivity contribution in [3.05, 3.63) is 40.6 Å². The van der Waals surface area contributed by atoms with Crippen LogP contribution in [-0.4, -0.2) is 38.3 Å². The van der Waals surface area contributed by atoms with Crippen molar-refractivity contribution in [2.75, 3.05) is 30.4 Å². The summed E-state index contributed by atoms with van der Waals surface area (Å²) in [6, 6.07) is 9.44. The number of nitrogens with one attached hydrogen (secondary N) is 1. The predicted octanol–water partition coefficient (Wildman–Crippen LogP) is 3.62. The lowest BCUT2D eigenvalue weighted by Gasteiger charge is -2.37. The molecule has 1 N–H and O–H groups in total. The van der Waals surface area contributed by atoms with E-state index >= 15 is 0 Å². The first-order chi connectivity index (χ1) is 11.6. The number of benzene rings is 1. The van der Waals surface area contributed by atoms with Crippen LogP contribution in [0.25, 0.3) is 0 Å². The Hall–Kier alpha value is -2.05. The van der Waals surface area contributed by atoms with E-state index in [1.54, 1.807) is 7.11 Å². The lowest BCUT2D eigenvalue weighted by molar-refractivity contribution is -0.00532. The molecule has 0 radical (unpaired) electrons. The molecule has 1 fully saturated rings. The van der Waals surface area contributed by atoms with Crippen LogP contribution >= 0.6 is 11.3 Å². The molecule has 0 saturated carbocycles. The van der Waals surface area contributed by atoms with Gasteiger partial charge in [0.25, 0.3) is 5.91 Å². The zero-order valence-corrected chi connectivity index (χ0v) is 14.9. The van der Waals surface area contributed by atoms with E-state index in [9.17, 15) is 4.79 Å². The van der Waals surface area contributed by atoms with Gasteiger partial charge in [-0.05, 0) is 37.4 Å². The molecule has 1 aromatic heterocycles. The number of nitrogens with zero attached hydrogens (tertiary/aromatic N) is 1. The summed E-state index contributed by atoms with van der Waals surface area (Å²) in [6.45, 7) is 5.79. The molecule has 2 heterocycles. The van der Waals surface area contributed by atoms with Crippen molar-refractivity contribution in [3.63, 3.8) is 0 Å². The van der Waals surface area contributed by atoms with Gasteiger partial charge in [-0.2, -0.15) is 0 Å². The molecule has 1 aliphatic heterocycles. The smallest absolute Gasteiger partial charge is 0.265 e. The first-order valence-electron chi connectivity index (χ1n) is 8.00. The maximum Gasteiger partial charge on any atom is 0.265 e. The number of hydrogen-bond donors (Lipinski definition) is 1. The second kappa shape index (κ2) is 7.23. The van der Waals surface area contributed by atoms with E-state index < -0.39 is 0 Å². The highest BCUT2D eigenvalue weighted by molar-refractivity contribution is 7.12. The van der Waals surface area contributed by atoms with Crippen molar-refractivity contribution in [1.82, 2.24) is 0 Å². The zero-order valence-electron chi connectivity index (χ0n) is 14.1. The Bertz CT molecular complexity index is 692. The number of carbonyl (C=O) groups is 1. The number of rotatable bonds is 4. The van der Waals surface area contributed by atoms with E-state index in [1.165, 1.54) is 11.3 Å². The first-order valence-corrected chi connectivity index (χ1v) is 8.88. The molecule has 1 amide bonds. The molecule has 1 aromatic carbocycles. The first kappa shape index (κ1) is 16.8. The number of ether oxygens (including phenoxy) is 2. The molecule has 2 aromatic rings. The lowest BCUT2D eigenvalue weighted by Crippen LogP contribution is -2.45. The van der Waals surface area contributed by atoms with Crippen LogP contribution in [0.4, 0.5) is 11.4 Å². The average molecular weight is 346 g/mol. The van der Waals surface area contributed by atoms with Crippen molar-refractivity contribution >= 4 is 28.6 Å². The van der Waals surface area contributed by atoms with E-state index in [1.807, 2.05) is 35.7 Å². The highest BCUT2D eigenvalue weighted by Crippen LogP contribution is 2.33. The van der Waals surface area contributed by atoms with Crippen LogP contribution in [0.5, 0.6) is 5.75 Å². The largest absolute Gasteiger partial charge is 0.495 e. The van der Waals surface area contributed by atoms with E-state index in [0.29, 0.717) is 4.88 Å². The molecule has 0 spiro atoms. The third kappa shape index (κ3) is 3.71. The summed E-state index contributed by atoms with van der Waals surface area (Å²) in [7, 11) is 1.65. The average Bonchev–Trinajstić information content (AvgIpc) is 3.08. The minimum Gasteiger partial charge on any atom is -0.495 e. The minimum atomic E-state index is -0.103. The maximum atomic E-state index is 12.2. The van der Waals surface area contributed by atoms with Crippen molar-refractivity contribution in [1.29, 1.82) is 0 Å². The fourth-order valence-electron chi connectivity index (χ4n) is 2.99. The number of methoxy groups -OCH3 is 1. The minimum absolute atomic E-state index is 0.103. The van der Waals surface area contributed by atoms with Crippen LogP contribution in [0.1, 0.15) is 23.5 Å². The summed E-state index contributed by atoms with van der Waals surface area (Å²) >= 11 is 1.42. The molecule has 0 aliphatic carbocycles. The van der Waals surface area contributed by atoms with Crippen LogP contribution in [0.2, 0.25) is 0 Å². The second-order valence-electron chi connectivity index (χ2n) is 5.98. The van der Waals surface area contributed by atoms with Gasteiger partial charge in [0, 0.05) is 24.8 Å². The molecule has 6 heteroatoms. The molecule has 2 atom stereocenters. The van der Waals surface area contributed by atoms with Crippen molar-refractivity contribution < 1.29 is 14.3 Å². The van der Waals surface area contributed by atoms with Crippen LogP contribution in [0.15, 0.2) is 35.7 Å². The molecular formula is C18H22N2O3S. The Labute approximate surface area is 146 Å². The molecule has 1 saturated heterocycles. The topological polar surface area (TPSA) is 50.8 Å². The number of carbonyl (C=O) groups excluding carboxylic acids is 1. The van der Waals surface area contributed by atoms with Crippen molar-refractivity contribution in [2.24, 2.45) is 0 Å². The highest BCUT2D eigenvalue weighted by atomic mass is 32.1. The van der Waals surface area contributed by atoms with Gasteiger partial charge in [-0.1, -0.05) is 6.07 Å². The lowest BCUT2D eigenvalue weighted by atomic mass is 10.1. The van der Waals surface area contributed by atoms with E-state index in [4.69, 9.17) is 9.47 Å². The van der Waals surface area contributed by atoms with E-state index in [2.05, 4.69) is 24.1 Å². The Balaban J connectivity index is 1.79. The molecule has 24 heavy (non-hydrogen) atoms. The van der Waals surface area contributed by atoms with Crippen molar-refractivity contribution in [3.8, 4) is 5.75 Å². The Kier molecular flexibility index (Phi) is 5.06. The molecule has 0 unspecified atom stereocenters. The number of anilines is 2. The van der Waals surface area contributed by atoms with Crippen LogP contribution in [0.3, 0.4) is 0 Å². The third-order valence-electron chi connectivity index (χ3n) is 3.94. The van der Waals surface area contributed by atoms with Gasteiger partial charge in [-0.25, -0.2) is 0 Å². The number of morpholine rings is 1. The van der Waals surface area contributed by atoms with Crippen LogP contribution in [-0.2, 0) is 4.74 Å².